The fourth-order valence-electron chi connectivity index (χ4n) is 6.25. The minimum atomic E-state index is -0.512. The quantitative estimate of drug-likeness (QED) is 0.279. The van der Waals surface area contributed by atoms with Crippen molar-refractivity contribution in [3.63, 3.8) is 0 Å². The number of hydrogen-bond donors (Lipinski definition) is 2. The number of Topliss-reactive ketones (excluding diaryl/α,β-unsaturated/α-hetero) is 1. The number of nitrogens with zero attached hydrogens (tertiary/aromatic N) is 1. The number of aromatic nitrogens is 1. The van der Waals surface area contributed by atoms with Crippen molar-refractivity contribution in [1.29, 1.82) is 0 Å². The SMILES string of the molecule is Cc1cnc(NC(=O)CCC2CC(=O)C3(C)CCC(C)c4ccc(OC(=O)CNC=O)cc4CCCC23)s1. The van der Waals surface area contributed by atoms with Gasteiger partial charge in [-0.05, 0) is 86.5 Å². The van der Waals surface area contributed by atoms with E-state index in [2.05, 4.69) is 29.5 Å². The Morgan fingerprint density at radius 2 is 2.11 bits per heavy atom. The number of hydrogen-bond acceptors (Lipinski definition) is 7. The number of fused-ring (bicyclic) bond motifs is 2. The average molecular weight is 540 g/mol. The molecule has 204 valence electrons. The van der Waals surface area contributed by atoms with E-state index < -0.39 is 5.97 Å². The van der Waals surface area contributed by atoms with Crippen LogP contribution in [0, 0.1) is 24.2 Å². The van der Waals surface area contributed by atoms with Gasteiger partial charge in [0, 0.05) is 29.3 Å². The fraction of sp³-hybridized carbons (Fsp3) is 0.552. The predicted molar refractivity (Wildman–Crippen MR) is 146 cm³/mol. The predicted octanol–water partition coefficient (Wildman–Crippen LogP) is 4.95. The number of anilines is 1. The number of rotatable bonds is 8. The standard InChI is InChI=1S/C29H37N3O5S/c1-18-11-12-29(3)24(21(14-25(29)34)7-10-26(35)32-28-31-15-19(2)38-28)6-4-5-20-13-22(8-9-23(18)20)37-27(36)16-30-17-33/h8-9,13,15,17-18,21,24H,4-7,10-12,14,16H2,1-3H3,(H,30,33)(H,31,32,35). The number of thiazole rings is 1. The summed E-state index contributed by atoms with van der Waals surface area (Å²) in [5.74, 6) is 0.961. The van der Waals surface area contributed by atoms with Crippen LogP contribution < -0.4 is 15.4 Å². The van der Waals surface area contributed by atoms with Crippen LogP contribution >= 0.6 is 11.3 Å². The van der Waals surface area contributed by atoms with Crippen molar-refractivity contribution in [2.24, 2.45) is 17.3 Å². The molecule has 0 radical (unpaired) electrons. The number of amides is 2. The number of carbonyl (C=O) groups excluding carboxylic acids is 4. The van der Waals surface area contributed by atoms with Crippen LogP contribution in [0.15, 0.2) is 24.4 Å². The first kappa shape index (κ1) is 28.0. The van der Waals surface area contributed by atoms with Crippen molar-refractivity contribution in [3.05, 3.63) is 40.4 Å². The van der Waals surface area contributed by atoms with Gasteiger partial charge < -0.3 is 15.4 Å². The average Bonchev–Trinajstić information content (AvgIpc) is 3.40. The number of carbonyl (C=O) groups is 4. The molecule has 4 rings (SSSR count). The molecule has 2 N–H and O–H groups in total. The van der Waals surface area contributed by atoms with Crippen molar-refractivity contribution < 1.29 is 23.9 Å². The van der Waals surface area contributed by atoms with Crippen LogP contribution in [0.25, 0.3) is 0 Å². The van der Waals surface area contributed by atoms with Gasteiger partial charge in [-0.15, -0.1) is 11.3 Å². The van der Waals surface area contributed by atoms with Gasteiger partial charge in [0.2, 0.25) is 12.3 Å². The van der Waals surface area contributed by atoms with Crippen LogP contribution in [-0.2, 0) is 25.6 Å². The molecule has 4 unspecified atom stereocenters. The summed E-state index contributed by atoms with van der Waals surface area (Å²) < 4.78 is 5.41. The molecule has 2 aromatic rings. The van der Waals surface area contributed by atoms with Crippen LogP contribution in [0.5, 0.6) is 5.75 Å². The molecule has 38 heavy (non-hydrogen) atoms. The van der Waals surface area contributed by atoms with Crippen molar-refractivity contribution >= 4 is 40.5 Å². The molecule has 8 nitrogen and oxygen atoms in total. The second kappa shape index (κ2) is 12.2. The first-order chi connectivity index (χ1) is 18.2. The number of ether oxygens (including phenoxy) is 1. The summed E-state index contributed by atoms with van der Waals surface area (Å²) in [5.41, 5.74) is 2.03. The Balaban J connectivity index is 1.44. The summed E-state index contributed by atoms with van der Waals surface area (Å²) in [4.78, 5) is 53.6. The Bertz CT molecular complexity index is 1190. The molecular weight excluding hydrogens is 502 g/mol. The number of benzene rings is 1. The van der Waals surface area contributed by atoms with E-state index in [1.807, 2.05) is 19.1 Å². The van der Waals surface area contributed by atoms with Gasteiger partial charge >= 0.3 is 5.97 Å². The molecule has 2 amide bonds. The molecule has 1 aromatic carbocycles. The van der Waals surface area contributed by atoms with E-state index in [-0.39, 0.29) is 35.6 Å². The smallest absolute Gasteiger partial charge is 0.330 e. The normalized spacial score (nSPS) is 25.1. The van der Waals surface area contributed by atoms with Gasteiger partial charge in [-0.25, -0.2) is 9.78 Å². The number of aryl methyl sites for hydroxylation is 2. The molecular formula is C29H37N3O5S. The number of nitrogens with one attached hydrogen (secondary N) is 2. The second-order valence-corrected chi connectivity index (χ2v) is 12.2. The highest BCUT2D eigenvalue weighted by Crippen LogP contribution is 2.52. The van der Waals surface area contributed by atoms with Crippen molar-refractivity contribution in [2.45, 2.75) is 78.1 Å². The lowest BCUT2D eigenvalue weighted by Gasteiger charge is -2.35. The third kappa shape index (κ3) is 6.49. The Morgan fingerprint density at radius 3 is 2.84 bits per heavy atom. The largest absolute Gasteiger partial charge is 0.425 e. The lowest BCUT2D eigenvalue weighted by atomic mass is 9.68. The zero-order valence-electron chi connectivity index (χ0n) is 22.4. The van der Waals surface area contributed by atoms with E-state index in [4.69, 9.17) is 4.74 Å². The van der Waals surface area contributed by atoms with Gasteiger partial charge in [-0.2, -0.15) is 0 Å². The minimum Gasteiger partial charge on any atom is -0.425 e. The molecule has 0 spiro atoms. The first-order valence-corrected chi connectivity index (χ1v) is 14.3. The maximum atomic E-state index is 13.3. The Labute approximate surface area is 227 Å². The van der Waals surface area contributed by atoms with Gasteiger partial charge in [0.05, 0.1) is 0 Å². The Hall–Kier alpha value is -3.07. The van der Waals surface area contributed by atoms with Crippen molar-refractivity contribution in [1.82, 2.24) is 10.3 Å². The van der Waals surface area contributed by atoms with Crippen molar-refractivity contribution in [3.8, 4) is 5.75 Å². The van der Waals surface area contributed by atoms with Gasteiger partial charge in [0.25, 0.3) is 0 Å². The van der Waals surface area contributed by atoms with E-state index in [0.29, 0.717) is 42.3 Å². The molecule has 0 aliphatic heterocycles. The molecule has 9 heteroatoms. The molecule has 1 aromatic heterocycles. The summed E-state index contributed by atoms with van der Waals surface area (Å²) in [6.45, 7) is 6.12. The number of esters is 1. The summed E-state index contributed by atoms with van der Waals surface area (Å²) in [6, 6.07) is 5.77. The van der Waals surface area contributed by atoms with E-state index >= 15 is 0 Å². The summed E-state index contributed by atoms with van der Waals surface area (Å²) in [6.07, 6.45) is 8.23. The Kier molecular flexibility index (Phi) is 8.97. The van der Waals surface area contributed by atoms with Crippen LogP contribution in [0.1, 0.15) is 80.7 Å². The summed E-state index contributed by atoms with van der Waals surface area (Å²) in [5, 5.41) is 5.84. The van der Waals surface area contributed by atoms with Gasteiger partial charge in [-0.3, -0.25) is 14.4 Å². The number of ketones is 1. The lowest BCUT2D eigenvalue weighted by molar-refractivity contribution is -0.134. The second-order valence-electron chi connectivity index (χ2n) is 10.9. The molecule has 2 aliphatic carbocycles. The third-order valence-electron chi connectivity index (χ3n) is 8.35. The van der Waals surface area contributed by atoms with Gasteiger partial charge in [-0.1, -0.05) is 19.9 Å². The lowest BCUT2D eigenvalue weighted by Crippen LogP contribution is -2.32. The molecule has 1 fully saturated rings. The topological polar surface area (TPSA) is 114 Å². The monoisotopic (exact) mass is 539 g/mol. The van der Waals surface area contributed by atoms with Crippen LogP contribution in [0.3, 0.4) is 0 Å². The van der Waals surface area contributed by atoms with Gasteiger partial charge in [0.15, 0.2) is 5.13 Å². The highest BCUT2D eigenvalue weighted by Gasteiger charge is 2.50. The summed E-state index contributed by atoms with van der Waals surface area (Å²) >= 11 is 1.46. The van der Waals surface area contributed by atoms with E-state index in [1.165, 1.54) is 16.9 Å². The zero-order chi connectivity index (χ0) is 27.3. The molecule has 1 saturated carbocycles. The van der Waals surface area contributed by atoms with Crippen LogP contribution in [0.4, 0.5) is 5.13 Å². The fourth-order valence-corrected chi connectivity index (χ4v) is 6.93. The molecule has 0 saturated heterocycles. The molecule has 1 heterocycles. The van der Waals surface area contributed by atoms with E-state index in [0.717, 1.165) is 42.5 Å². The molecule has 0 bridgehead atoms. The van der Waals surface area contributed by atoms with Crippen molar-refractivity contribution in [2.75, 3.05) is 11.9 Å². The highest BCUT2D eigenvalue weighted by atomic mass is 32.1. The van der Waals surface area contributed by atoms with Crippen LogP contribution in [0.2, 0.25) is 0 Å². The van der Waals surface area contributed by atoms with Crippen LogP contribution in [-0.4, -0.2) is 35.6 Å². The molecule has 2 aliphatic rings. The zero-order valence-corrected chi connectivity index (χ0v) is 23.2. The summed E-state index contributed by atoms with van der Waals surface area (Å²) in [7, 11) is 0. The highest BCUT2D eigenvalue weighted by molar-refractivity contribution is 7.15. The Morgan fingerprint density at radius 1 is 1.29 bits per heavy atom. The first-order valence-electron chi connectivity index (χ1n) is 13.5. The minimum absolute atomic E-state index is 0.0479. The maximum absolute atomic E-state index is 13.3. The third-order valence-corrected chi connectivity index (χ3v) is 9.17. The maximum Gasteiger partial charge on any atom is 0.330 e. The van der Waals surface area contributed by atoms with E-state index in [1.54, 1.807) is 12.3 Å². The van der Waals surface area contributed by atoms with Gasteiger partial charge in [0.1, 0.15) is 18.1 Å². The van der Waals surface area contributed by atoms with E-state index in [9.17, 15) is 19.2 Å². The molecule has 4 atom stereocenters.